The molecule has 4 nitrogen and oxygen atoms in total. The van der Waals surface area contributed by atoms with E-state index in [1.54, 1.807) is 0 Å². The number of unbranched alkanes of at least 4 members (excludes halogenated alkanes) is 8. The predicted molar refractivity (Wildman–Crippen MR) is 79.2 cm³/mol. The maximum atomic E-state index is 11.8. The molecule has 0 spiro atoms. The molecule has 1 rings (SSSR count). The van der Waals surface area contributed by atoms with E-state index in [0.717, 1.165) is 19.3 Å². The molecule has 1 aromatic rings. The molecule has 0 N–H and O–H groups in total. The molecule has 0 aromatic carbocycles. The van der Waals surface area contributed by atoms with Gasteiger partial charge in [-0.25, -0.2) is 0 Å². The molecule has 0 aliphatic rings. The van der Waals surface area contributed by atoms with E-state index in [1.165, 1.54) is 50.7 Å². The third kappa shape index (κ3) is 8.76. The van der Waals surface area contributed by atoms with Crippen LogP contribution in [0.3, 0.4) is 0 Å². The third-order valence-electron chi connectivity index (χ3n) is 3.59. The predicted octanol–water partition coefficient (Wildman–Crippen LogP) is 0.751. The topological polar surface area (TPSA) is 70.3 Å². The van der Waals surface area contributed by atoms with Crippen molar-refractivity contribution < 1.29 is 48.7 Å². The van der Waals surface area contributed by atoms with Gasteiger partial charge in [0.15, 0.2) is 11.5 Å². The van der Waals surface area contributed by atoms with Gasteiger partial charge in [0.05, 0.1) is 0 Å². The van der Waals surface area contributed by atoms with Gasteiger partial charge in [0.2, 0.25) is 0 Å². The van der Waals surface area contributed by atoms with Crippen LogP contribution in [0.1, 0.15) is 92.2 Å². The molecule has 0 fully saturated rings. The first-order valence-electron chi connectivity index (χ1n) is 7.99. The molecule has 0 saturated carbocycles. The Morgan fingerprint density at radius 1 is 0.909 bits per heavy atom. The maximum absolute atomic E-state index is 11.8. The van der Waals surface area contributed by atoms with Gasteiger partial charge in [0, 0.05) is 6.42 Å². The first-order valence-corrected chi connectivity index (χ1v) is 7.99. The van der Waals surface area contributed by atoms with E-state index < -0.39 is 5.97 Å². The van der Waals surface area contributed by atoms with Gasteiger partial charge in [-0.3, -0.25) is 4.79 Å². The molecule has 0 saturated heterocycles. The Bertz CT molecular complexity index is 440. The van der Waals surface area contributed by atoms with Gasteiger partial charge in [-0.2, -0.15) is 0 Å². The van der Waals surface area contributed by atoms with Crippen LogP contribution in [0.15, 0.2) is 16.5 Å². The Kier molecular flexibility index (Phi) is 12.6. The largest absolute Gasteiger partial charge is 1.00 e. The summed E-state index contributed by atoms with van der Waals surface area (Å²) in [6, 6.07) is 2.67. The number of rotatable bonds is 12. The van der Waals surface area contributed by atoms with Crippen molar-refractivity contribution in [1.29, 1.82) is 0 Å². The molecule has 118 valence electrons. The number of hydrogen-bond donors (Lipinski definition) is 0. The van der Waals surface area contributed by atoms with Crippen LogP contribution in [0.25, 0.3) is 0 Å². The van der Waals surface area contributed by atoms with Gasteiger partial charge in [-0.1, -0.05) is 58.3 Å². The minimum Gasteiger partial charge on any atom is -0.542 e. The number of Topliss-reactive ketones (excluding diaryl/α,β-unsaturated/α-hetero) is 1. The van der Waals surface area contributed by atoms with Crippen LogP contribution in [-0.4, -0.2) is 11.8 Å². The van der Waals surface area contributed by atoms with Crippen molar-refractivity contribution in [3.05, 3.63) is 23.7 Å². The summed E-state index contributed by atoms with van der Waals surface area (Å²) in [5, 5.41) is 10.5. The molecule has 1 heterocycles. The van der Waals surface area contributed by atoms with E-state index in [4.69, 9.17) is 4.42 Å². The molecule has 0 aliphatic heterocycles. The number of carbonyl (C=O) groups is 2. The summed E-state index contributed by atoms with van der Waals surface area (Å²) in [4.78, 5) is 22.3. The Hall–Kier alpha value is -0.580. The smallest absolute Gasteiger partial charge is 0.542 e. The number of ketones is 1. The molecule has 5 heteroatoms. The summed E-state index contributed by atoms with van der Waals surface area (Å²) < 4.78 is 4.93. The van der Waals surface area contributed by atoms with Gasteiger partial charge in [-0.05, 0) is 18.6 Å². The van der Waals surface area contributed by atoms with Gasteiger partial charge < -0.3 is 14.3 Å². The fourth-order valence-electron chi connectivity index (χ4n) is 2.32. The number of carboxylic acids is 1. The molecule has 0 aliphatic carbocycles. The van der Waals surface area contributed by atoms with E-state index in [-0.39, 0.29) is 46.9 Å². The van der Waals surface area contributed by atoms with Crippen molar-refractivity contribution in [2.24, 2.45) is 0 Å². The van der Waals surface area contributed by atoms with Gasteiger partial charge in [0.25, 0.3) is 0 Å². The van der Waals surface area contributed by atoms with Crippen molar-refractivity contribution in [2.75, 3.05) is 0 Å². The Balaban J connectivity index is 0.00000441. The summed E-state index contributed by atoms with van der Waals surface area (Å²) in [5.41, 5.74) is 0. The van der Waals surface area contributed by atoms with Crippen LogP contribution in [0, 0.1) is 0 Å². The zero-order valence-corrected chi connectivity index (χ0v) is 15.9. The van der Waals surface area contributed by atoms with E-state index >= 15 is 0 Å². The molecule has 0 unspecified atom stereocenters. The Labute approximate surface area is 155 Å². The fourth-order valence-corrected chi connectivity index (χ4v) is 2.32. The second-order valence-electron chi connectivity index (χ2n) is 5.45. The average molecular weight is 316 g/mol. The molecular weight excluding hydrogens is 291 g/mol. The normalized spacial score (nSPS) is 10.2. The van der Waals surface area contributed by atoms with Crippen LogP contribution >= 0.6 is 0 Å². The molecule has 0 amide bonds. The molecule has 0 bridgehead atoms. The Morgan fingerprint density at radius 2 is 1.41 bits per heavy atom. The van der Waals surface area contributed by atoms with Crippen LogP contribution in [0.2, 0.25) is 0 Å². The van der Waals surface area contributed by atoms with Crippen molar-refractivity contribution in [3.8, 4) is 0 Å². The van der Waals surface area contributed by atoms with Gasteiger partial charge in [0.1, 0.15) is 11.7 Å². The summed E-state index contributed by atoms with van der Waals surface area (Å²) in [7, 11) is 0. The molecule has 22 heavy (non-hydrogen) atoms. The first kappa shape index (κ1) is 21.4. The number of hydrogen-bond acceptors (Lipinski definition) is 4. The zero-order valence-electron chi connectivity index (χ0n) is 13.9. The van der Waals surface area contributed by atoms with E-state index in [0.29, 0.717) is 6.42 Å². The van der Waals surface area contributed by atoms with Gasteiger partial charge >= 0.3 is 29.6 Å². The van der Waals surface area contributed by atoms with E-state index in [2.05, 4.69) is 6.92 Å². The molecule has 1 aromatic heterocycles. The Morgan fingerprint density at radius 3 is 1.91 bits per heavy atom. The van der Waals surface area contributed by atoms with Crippen LogP contribution in [0.5, 0.6) is 0 Å². The molecule has 0 atom stereocenters. The van der Waals surface area contributed by atoms with Crippen molar-refractivity contribution in [3.63, 3.8) is 0 Å². The van der Waals surface area contributed by atoms with Crippen molar-refractivity contribution in [2.45, 2.75) is 71.1 Å². The van der Waals surface area contributed by atoms with Crippen LogP contribution < -0.4 is 34.7 Å². The standard InChI is InChI=1S/C17H26O4.Na/c1-2-3-4-5-6-7-8-9-10-11-14(18)15-12-13-16(21-15)17(19)20;/h12-13H,2-11H2,1H3,(H,19,20);/q;+1/p-1. The van der Waals surface area contributed by atoms with E-state index in [9.17, 15) is 14.7 Å². The van der Waals surface area contributed by atoms with Crippen molar-refractivity contribution in [1.82, 2.24) is 0 Å². The summed E-state index contributed by atoms with van der Waals surface area (Å²) >= 11 is 0. The summed E-state index contributed by atoms with van der Waals surface area (Å²) in [6.07, 6.45) is 11.2. The maximum Gasteiger partial charge on any atom is 1.00 e. The minimum absolute atomic E-state index is 0. The van der Waals surface area contributed by atoms with Gasteiger partial charge in [-0.15, -0.1) is 0 Å². The minimum atomic E-state index is -1.39. The first-order chi connectivity index (χ1) is 10.1. The second kappa shape index (κ2) is 12.9. The quantitative estimate of drug-likeness (QED) is 0.324. The van der Waals surface area contributed by atoms with Crippen LogP contribution in [-0.2, 0) is 0 Å². The second-order valence-corrected chi connectivity index (χ2v) is 5.45. The SMILES string of the molecule is CCCCCCCCCCCC(=O)c1ccc(C(=O)[O-])o1.[Na+]. The zero-order chi connectivity index (χ0) is 15.5. The van der Waals surface area contributed by atoms with Crippen LogP contribution in [0.4, 0.5) is 0 Å². The number of carboxylic acid groups (broad SMARTS) is 1. The number of carbonyl (C=O) groups excluding carboxylic acids is 2. The molecule has 0 radical (unpaired) electrons. The third-order valence-corrected chi connectivity index (χ3v) is 3.59. The molecular formula is C17H25NaO4. The van der Waals surface area contributed by atoms with Crippen molar-refractivity contribution >= 4 is 11.8 Å². The van der Waals surface area contributed by atoms with E-state index in [1.807, 2.05) is 0 Å². The summed E-state index contributed by atoms with van der Waals surface area (Å²) in [6.45, 7) is 2.21. The summed E-state index contributed by atoms with van der Waals surface area (Å²) in [5.74, 6) is -1.69. The monoisotopic (exact) mass is 316 g/mol. The number of furan rings is 1. The fraction of sp³-hybridized carbons (Fsp3) is 0.647. The average Bonchev–Trinajstić information content (AvgIpc) is 2.95. The number of aromatic carboxylic acids is 1.